The molecule has 0 aliphatic carbocycles. The molecule has 0 atom stereocenters. The van der Waals surface area contributed by atoms with E-state index in [1.165, 1.54) is 24.2 Å². The van der Waals surface area contributed by atoms with E-state index in [1.54, 1.807) is 0 Å². The van der Waals surface area contributed by atoms with Crippen LogP contribution in [-0.4, -0.2) is 29.7 Å². The van der Waals surface area contributed by atoms with Crippen molar-refractivity contribution in [2.75, 3.05) is 23.8 Å². The first-order valence-electron chi connectivity index (χ1n) is 6.70. The summed E-state index contributed by atoms with van der Waals surface area (Å²) in [5, 5.41) is 7.40. The van der Waals surface area contributed by atoms with E-state index in [9.17, 15) is 22.8 Å². The van der Waals surface area contributed by atoms with Crippen LogP contribution in [0.5, 0.6) is 0 Å². The topological polar surface area (TPSA) is 78.1 Å². The lowest BCUT2D eigenvalue weighted by atomic mass is 10.2. The Kier molecular flexibility index (Phi) is 5.58. The number of likely N-dealkylation sites (N-methyl/N-ethyl adjacent to an activating group) is 1. The highest BCUT2D eigenvalue weighted by molar-refractivity contribution is 6.33. The van der Waals surface area contributed by atoms with Gasteiger partial charge in [0.2, 0.25) is 5.91 Å². The molecule has 0 aliphatic heterocycles. The van der Waals surface area contributed by atoms with Gasteiger partial charge in [0.15, 0.2) is 0 Å². The van der Waals surface area contributed by atoms with Crippen LogP contribution in [0.15, 0.2) is 29.2 Å². The van der Waals surface area contributed by atoms with Crippen LogP contribution >= 0.6 is 23.2 Å². The molecule has 0 saturated carbocycles. The summed E-state index contributed by atoms with van der Waals surface area (Å²) >= 11 is 11.3. The molecule has 1 amide bonds. The summed E-state index contributed by atoms with van der Waals surface area (Å²) in [6, 6.07) is 3.03. The fraction of sp³-hybridized carbons (Fsp3) is 0.214. The second-order valence-electron chi connectivity index (χ2n) is 4.99. The Morgan fingerprint density at radius 3 is 2.68 bits per heavy atom. The van der Waals surface area contributed by atoms with Crippen LogP contribution in [0.3, 0.4) is 0 Å². The molecule has 1 aromatic carbocycles. The van der Waals surface area contributed by atoms with Gasteiger partial charge in [0, 0.05) is 12.7 Å². The number of carbonyl (C=O) groups excluding carboxylic acids is 1. The third-order valence-corrected chi connectivity index (χ3v) is 3.82. The number of H-pyrrole nitrogens is 1. The third-order valence-electron chi connectivity index (χ3n) is 3.12. The molecule has 2 N–H and O–H groups in total. The Bertz CT molecular complexity index is 855. The number of aromatic nitrogens is 2. The van der Waals surface area contributed by atoms with Crippen molar-refractivity contribution in [1.29, 1.82) is 0 Å². The van der Waals surface area contributed by atoms with Crippen LogP contribution in [0.1, 0.15) is 5.56 Å². The predicted octanol–water partition coefficient (Wildman–Crippen LogP) is 3.17. The average Bonchev–Trinajstić information content (AvgIpc) is 2.50. The van der Waals surface area contributed by atoms with Crippen molar-refractivity contribution < 1.29 is 18.0 Å². The number of hydrogen-bond donors (Lipinski definition) is 2. The molecule has 0 fully saturated rings. The molecular weight excluding hydrogens is 384 g/mol. The number of halogens is 5. The van der Waals surface area contributed by atoms with Crippen molar-refractivity contribution in [3.05, 3.63) is 50.4 Å². The number of rotatable bonds is 4. The monoisotopic (exact) mass is 394 g/mol. The van der Waals surface area contributed by atoms with E-state index >= 15 is 0 Å². The number of alkyl halides is 3. The maximum absolute atomic E-state index is 12.8. The first kappa shape index (κ1) is 19.1. The smallest absolute Gasteiger partial charge is 0.363 e. The third kappa shape index (κ3) is 4.64. The first-order chi connectivity index (χ1) is 11.6. The summed E-state index contributed by atoms with van der Waals surface area (Å²) in [6.45, 7) is -0.269. The number of benzene rings is 1. The molecule has 2 aromatic rings. The normalized spacial score (nSPS) is 11.3. The van der Waals surface area contributed by atoms with Gasteiger partial charge in [0.05, 0.1) is 29.0 Å². The molecule has 1 aromatic heterocycles. The molecule has 0 bridgehead atoms. The van der Waals surface area contributed by atoms with E-state index in [0.717, 1.165) is 12.1 Å². The Labute approximate surface area is 149 Å². The largest absolute Gasteiger partial charge is 0.417 e. The second-order valence-corrected chi connectivity index (χ2v) is 5.78. The number of nitrogens with zero attached hydrogens (tertiary/aromatic N) is 2. The molecule has 0 spiro atoms. The van der Waals surface area contributed by atoms with Crippen molar-refractivity contribution in [2.45, 2.75) is 6.18 Å². The van der Waals surface area contributed by atoms with Gasteiger partial charge in [-0.2, -0.15) is 18.3 Å². The Morgan fingerprint density at radius 1 is 1.36 bits per heavy atom. The second kappa shape index (κ2) is 7.32. The van der Waals surface area contributed by atoms with Crippen LogP contribution in [0, 0.1) is 0 Å². The maximum atomic E-state index is 12.8. The molecule has 1 heterocycles. The van der Waals surface area contributed by atoms with E-state index in [2.05, 4.69) is 15.5 Å². The zero-order valence-corrected chi connectivity index (χ0v) is 14.1. The molecule has 0 aliphatic rings. The number of nitrogens with one attached hydrogen (secondary N) is 2. The lowest BCUT2D eigenvalue weighted by molar-refractivity contribution is -0.137. The summed E-state index contributed by atoms with van der Waals surface area (Å²) < 4.78 is 38.5. The van der Waals surface area contributed by atoms with Gasteiger partial charge < -0.3 is 10.2 Å². The van der Waals surface area contributed by atoms with Gasteiger partial charge in [0.1, 0.15) is 5.02 Å². The van der Waals surface area contributed by atoms with E-state index in [0.29, 0.717) is 0 Å². The average molecular weight is 395 g/mol. The minimum Gasteiger partial charge on any atom is -0.363 e. The summed E-state index contributed by atoms with van der Waals surface area (Å²) in [6.07, 6.45) is -3.39. The van der Waals surface area contributed by atoms with E-state index in [-0.39, 0.29) is 22.9 Å². The lowest BCUT2D eigenvalue weighted by Gasteiger charge is -2.19. The molecule has 0 radical (unpaired) electrons. The maximum Gasteiger partial charge on any atom is 0.417 e. The van der Waals surface area contributed by atoms with Crippen molar-refractivity contribution in [3.8, 4) is 0 Å². The molecule has 134 valence electrons. The van der Waals surface area contributed by atoms with Crippen LogP contribution in [0.25, 0.3) is 0 Å². The summed E-state index contributed by atoms with van der Waals surface area (Å²) in [5.41, 5.74) is -1.54. The van der Waals surface area contributed by atoms with Crippen molar-refractivity contribution >= 4 is 40.5 Å². The van der Waals surface area contributed by atoms with E-state index in [1.807, 2.05) is 0 Å². The van der Waals surface area contributed by atoms with E-state index < -0.39 is 28.2 Å². The molecule has 25 heavy (non-hydrogen) atoms. The molecular formula is C14H11Cl2F3N4O2. The summed E-state index contributed by atoms with van der Waals surface area (Å²) in [5.74, 6) is -0.616. The fourth-order valence-electron chi connectivity index (χ4n) is 1.96. The highest BCUT2D eigenvalue weighted by atomic mass is 35.5. The highest BCUT2D eigenvalue weighted by Gasteiger charge is 2.33. The predicted molar refractivity (Wildman–Crippen MR) is 88.2 cm³/mol. The van der Waals surface area contributed by atoms with Gasteiger partial charge in [-0.15, -0.1) is 0 Å². The minimum absolute atomic E-state index is 0.0646. The minimum atomic E-state index is -4.64. The number of amides is 1. The molecule has 0 unspecified atom stereocenters. The zero-order chi connectivity index (χ0) is 18.8. The van der Waals surface area contributed by atoms with Crippen molar-refractivity contribution in [3.63, 3.8) is 0 Å². The van der Waals surface area contributed by atoms with Crippen molar-refractivity contribution in [1.82, 2.24) is 10.2 Å². The van der Waals surface area contributed by atoms with Gasteiger partial charge in [-0.1, -0.05) is 23.2 Å². The molecule has 11 heteroatoms. The van der Waals surface area contributed by atoms with Crippen LogP contribution in [0.2, 0.25) is 10.0 Å². The van der Waals surface area contributed by atoms with Gasteiger partial charge in [-0.05, 0) is 18.2 Å². The number of aromatic amines is 1. The number of anilines is 2. The van der Waals surface area contributed by atoms with Gasteiger partial charge in [-0.25, -0.2) is 5.10 Å². The summed E-state index contributed by atoms with van der Waals surface area (Å²) in [4.78, 5) is 24.7. The number of hydrogen-bond acceptors (Lipinski definition) is 4. The Morgan fingerprint density at radius 2 is 2.04 bits per heavy atom. The van der Waals surface area contributed by atoms with Crippen LogP contribution < -0.4 is 15.8 Å². The van der Waals surface area contributed by atoms with Crippen LogP contribution in [0.4, 0.5) is 24.5 Å². The first-order valence-corrected chi connectivity index (χ1v) is 7.46. The van der Waals surface area contributed by atoms with Gasteiger partial charge in [-0.3, -0.25) is 9.59 Å². The highest BCUT2D eigenvalue weighted by Crippen LogP contribution is 2.36. The van der Waals surface area contributed by atoms with Gasteiger partial charge in [0.25, 0.3) is 5.56 Å². The lowest BCUT2D eigenvalue weighted by Crippen LogP contribution is -2.31. The Balaban J connectivity index is 2.13. The molecule has 0 saturated heterocycles. The fourth-order valence-corrected chi connectivity index (χ4v) is 2.42. The molecule has 6 nitrogen and oxygen atoms in total. The van der Waals surface area contributed by atoms with E-state index in [4.69, 9.17) is 23.2 Å². The van der Waals surface area contributed by atoms with Crippen molar-refractivity contribution in [2.24, 2.45) is 0 Å². The zero-order valence-electron chi connectivity index (χ0n) is 12.6. The number of carbonyl (C=O) groups is 1. The SMILES string of the molecule is CN(CC(=O)Nc1ccc(Cl)c(C(F)(F)F)c1)c1cn[nH]c(=O)c1Cl. The molecule has 2 rings (SSSR count). The Hall–Kier alpha value is -2.26. The van der Waals surface area contributed by atoms with Crippen LogP contribution in [-0.2, 0) is 11.0 Å². The quantitative estimate of drug-likeness (QED) is 0.834. The van der Waals surface area contributed by atoms with Gasteiger partial charge >= 0.3 is 6.18 Å². The summed E-state index contributed by atoms with van der Waals surface area (Å²) in [7, 11) is 1.48. The standard InChI is InChI=1S/C14H11Cl2F3N4O2/c1-23(10-5-20-22-13(25)12(10)16)6-11(24)21-7-2-3-9(15)8(4-7)14(17,18)19/h2-5H,6H2,1H3,(H,21,24)(H,22,25).